The van der Waals surface area contributed by atoms with Gasteiger partial charge in [-0.25, -0.2) is 0 Å². The summed E-state index contributed by atoms with van der Waals surface area (Å²) < 4.78 is 6.91. The minimum atomic E-state index is -0.0848. The second-order valence-corrected chi connectivity index (χ2v) is 5.31. The maximum absolute atomic E-state index is 12.2. The lowest BCUT2D eigenvalue weighted by atomic mass is 10.1. The van der Waals surface area contributed by atoms with Gasteiger partial charge in [0.05, 0.1) is 19.9 Å². The number of carbonyl (C=O) groups excluding carboxylic acids is 1. The summed E-state index contributed by atoms with van der Waals surface area (Å²) in [6.45, 7) is 9.15. The third-order valence-corrected chi connectivity index (χ3v) is 2.50. The average molecular weight is 253 g/mol. The molecule has 0 spiro atoms. The number of nitrogens with zero attached hydrogens (tertiary/aromatic N) is 2. The monoisotopic (exact) mass is 253 g/mol. The summed E-state index contributed by atoms with van der Waals surface area (Å²) in [6, 6.07) is 0. The number of nitrogens with one attached hydrogen (secondary N) is 1. The number of hydrogen-bond acceptors (Lipinski definition) is 4. The van der Waals surface area contributed by atoms with E-state index in [1.165, 1.54) is 0 Å². The lowest BCUT2D eigenvalue weighted by Crippen LogP contribution is -2.39. The second kappa shape index (κ2) is 6.00. The van der Waals surface area contributed by atoms with Crippen LogP contribution in [0.1, 0.15) is 44.6 Å². The van der Waals surface area contributed by atoms with Gasteiger partial charge < -0.3 is 10.1 Å². The number of ether oxygens (including phenoxy) is 1. The first-order chi connectivity index (χ1) is 8.39. The zero-order valence-electron chi connectivity index (χ0n) is 11.9. The number of ketones is 1. The van der Waals surface area contributed by atoms with Gasteiger partial charge in [0.1, 0.15) is 5.69 Å². The molecular weight excluding hydrogens is 230 g/mol. The molecule has 18 heavy (non-hydrogen) atoms. The Bertz CT molecular complexity index is 405. The number of aryl methyl sites for hydroxylation is 1. The van der Waals surface area contributed by atoms with Crippen molar-refractivity contribution in [2.75, 3.05) is 13.7 Å². The van der Waals surface area contributed by atoms with E-state index in [-0.39, 0.29) is 17.9 Å². The van der Waals surface area contributed by atoms with E-state index in [0.29, 0.717) is 11.4 Å². The van der Waals surface area contributed by atoms with Crippen molar-refractivity contribution >= 4 is 5.78 Å². The highest BCUT2D eigenvalue weighted by molar-refractivity contribution is 5.98. The van der Waals surface area contributed by atoms with Crippen molar-refractivity contribution in [2.45, 2.75) is 46.2 Å². The van der Waals surface area contributed by atoms with Gasteiger partial charge >= 0.3 is 0 Å². The van der Waals surface area contributed by atoms with Crippen LogP contribution in [-0.4, -0.2) is 34.8 Å². The minimum absolute atomic E-state index is 0.00715. The van der Waals surface area contributed by atoms with Gasteiger partial charge in [0, 0.05) is 12.1 Å². The molecule has 1 N–H and O–H groups in total. The van der Waals surface area contributed by atoms with Crippen molar-refractivity contribution < 1.29 is 9.53 Å². The van der Waals surface area contributed by atoms with Crippen LogP contribution in [0.3, 0.4) is 0 Å². The average Bonchev–Trinajstić information content (AvgIpc) is 2.68. The van der Waals surface area contributed by atoms with Crippen molar-refractivity contribution in [2.24, 2.45) is 0 Å². The lowest BCUT2D eigenvalue weighted by molar-refractivity contribution is 0.0968. The van der Waals surface area contributed by atoms with Crippen LogP contribution in [0, 0.1) is 0 Å². The molecule has 0 saturated carbocycles. The topological polar surface area (TPSA) is 56.2 Å². The van der Waals surface area contributed by atoms with Gasteiger partial charge in [-0.2, -0.15) is 5.10 Å². The van der Waals surface area contributed by atoms with Gasteiger partial charge in [-0.05, 0) is 27.2 Å². The quantitative estimate of drug-likeness (QED) is 0.786. The fourth-order valence-corrected chi connectivity index (χ4v) is 1.61. The summed E-state index contributed by atoms with van der Waals surface area (Å²) in [6.07, 6.45) is 2.53. The number of rotatable bonds is 6. The molecule has 0 aromatic carbocycles. The molecule has 0 aliphatic rings. The SMILES string of the molecule is CCCn1ncc(OC)c1C(=O)CNC(C)(C)C. The first kappa shape index (κ1) is 14.7. The number of aromatic nitrogens is 2. The minimum Gasteiger partial charge on any atom is -0.493 e. The predicted molar refractivity (Wildman–Crippen MR) is 71.2 cm³/mol. The summed E-state index contributed by atoms with van der Waals surface area (Å²) >= 11 is 0. The molecule has 0 aliphatic heterocycles. The smallest absolute Gasteiger partial charge is 0.198 e. The lowest BCUT2D eigenvalue weighted by Gasteiger charge is -2.20. The number of carbonyl (C=O) groups is 1. The van der Waals surface area contributed by atoms with Crippen molar-refractivity contribution in [3.63, 3.8) is 0 Å². The molecule has 0 unspecified atom stereocenters. The Morgan fingerprint density at radius 2 is 2.17 bits per heavy atom. The molecule has 0 aliphatic carbocycles. The zero-order valence-corrected chi connectivity index (χ0v) is 11.9. The molecule has 102 valence electrons. The van der Waals surface area contributed by atoms with Gasteiger partial charge in [0.2, 0.25) is 0 Å². The van der Waals surface area contributed by atoms with E-state index in [2.05, 4.69) is 17.3 Å². The Morgan fingerprint density at radius 1 is 1.50 bits per heavy atom. The van der Waals surface area contributed by atoms with Crippen molar-refractivity contribution in [1.29, 1.82) is 0 Å². The van der Waals surface area contributed by atoms with Crippen LogP contribution in [0.2, 0.25) is 0 Å². The molecule has 0 bridgehead atoms. The van der Waals surface area contributed by atoms with Crippen molar-refractivity contribution in [1.82, 2.24) is 15.1 Å². The fourth-order valence-electron chi connectivity index (χ4n) is 1.61. The normalized spacial score (nSPS) is 11.6. The molecule has 1 heterocycles. The molecule has 0 saturated heterocycles. The molecule has 0 amide bonds. The summed E-state index contributed by atoms with van der Waals surface area (Å²) in [4.78, 5) is 12.2. The Kier molecular flexibility index (Phi) is 4.90. The van der Waals surface area contributed by atoms with E-state index < -0.39 is 0 Å². The third kappa shape index (κ3) is 3.84. The zero-order chi connectivity index (χ0) is 13.8. The van der Waals surface area contributed by atoms with Crippen LogP contribution < -0.4 is 10.1 Å². The Balaban J connectivity index is 2.85. The highest BCUT2D eigenvalue weighted by Crippen LogP contribution is 2.18. The van der Waals surface area contributed by atoms with Gasteiger partial charge in [-0.15, -0.1) is 0 Å². The van der Waals surface area contributed by atoms with Crippen molar-refractivity contribution in [3.05, 3.63) is 11.9 Å². The Morgan fingerprint density at radius 3 is 2.67 bits per heavy atom. The Labute approximate surface area is 109 Å². The van der Waals surface area contributed by atoms with Crippen LogP contribution in [0.15, 0.2) is 6.20 Å². The molecule has 1 aromatic heterocycles. The van der Waals surface area contributed by atoms with E-state index in [1.54, 1.807) is 18.0 Å². The van der Waals surface area contributed by atoms with E-state index >= 15 is 0 Å². The second-order valence-electron chi connectivity index (χ2n) is 5.31. The fraction of sp³-hybridized carbons (Fsp3) is 0.692. The highest BCUT2D eigenvalue weighted by atomic mass is 16.5. The van der Waals surface area contributed by atoms with E-state index in [0.717, 1.165) is 13.0 Å². The van der Waals surface area contributed by atoms with Crippen LogP contribution in [-0.2, 0) is 6.54 Å². The number of Topliss-reactive ketones (excluding diaryl/α,β-unsaturated/α-hetero) is 1. The summed E-state index contributed by atoms with van der Waals surface area (Å²) in [7, 11) is 1.56. The van der Waals surface area contributed by atoms with Crippen LogP contribution in [0.5, 0.6) is 5.75 Å². The predicted octanol–water partition coefficient (Wildman–Crippen LogP) is 1.87. The van der Waals surface area contributed by atoms with Crippen LogP contribution >= 0.6 is 0 Å². The van der Waals surface area contributed by atoms with E-state index in [9.17, 15) is 4.79 Å². The first-order valence-corrected chi connectivity index (χ1v) is 6.27. The van der Waals surface area contributed by atoms with Gasteiger partial charge in [0.15, 0.2) is 11.5 Å². The standard InChI is InChI=1S/C13H23N3O2/c1-6-7-16-12(11(18-5)9-15-16)10(17)8-14-13(2,3)4/h9,14H,6-8H2,1-5H3. The Hall–Kier alpha value is -1.36. The van der Waals surface area contributed by atoms with Crippen molar-refractivity contribution in [3.8, 4) is 5.75 Å². The van der Waals surface area contributed by atoms with Crippen LogP contribution in [0.25, 0.3) is 0 Å². The van der Waals surface area contributed by atoms with E-state index in [1.807, 2.05) is 20.8 Å². The number of hydrogen-bond donors (Lipinski definition) is 1. The third-order valence-electron chi connectivity index (χ3n) is 2.50. The largest absolute Gasteiger partial charge is 0.493 e. The molecular formula is C13H23N3O2. The molecule has 5 heteroatoms. The molecule has 0 atom stereocenters. The van der Waals surface area contributed by atoms with Gasteiger partial charge in [-0.1, -0.05) is 6.92 Å². The maximum atomic E-state index is 12.2. The molecule has 5 nitrogen and oxygen atoms in total. The molecule has 0 fully saturated rings. The van der Waals surface area contributed by atoms with Crippen LogP contribution in [0.4, 0.5) is 0 Å². The van der Waals surface area contributed by atoms with Gasteiger partial charge in [-0.3, -0.25) is 9.48 Å². The summed E-state index contributed by atoms with van der Waals surface area (Å²) in [5.74, 6) is 0.553. The van der Waals surface area contributed by atoms with E-state index in [4.69, 9.17) is 4.74 Å². The van der Waals surface area contributed by atoms with Gasteiger partial charge in [0.25, 0.3) is 0 Å². The summed E-state index contributed by atoms with van der Waals surface area (Å²) in [5.41, 5.74) is 0.467. The molecule has 1 aromatic rings. The molecule has 0 radical (unpaired) electrons. The molecule has 1 rings (SSSR count). The highest BCUT2D eigenvalue weighted by Gasteiger charge is 2.20. The number of methoxy groups -OCH3 is 1. The first-order valence-electron chi connectivity index (χ1n) is 6.27. The maximum Gasteiger partial charge on any atom is 0.198 e. The summed E-state index contributed by atoms with van der Waals surface area (Å²) in [5, 5.41) is 7.37.